The smallest absolute Gasteiger partial charge is 0.0140 e. The molecule has 1 atom stereocenters. The molecule has 0 aliphatic carbocycles. The summed E-state index contributed by atoms with van der Waals surface area (Å²) in [5, 5.41) is 0. The fourth-order valence-corrected chi connectivity index (χ4v) is 1.76. The van der Waals surface area contributed by atoms with Crippen molar-refractivity contribution in [1.29, 1.82) is 0 Å². The molecule has 0 amide bonds. The van der Waals surface area contributed by atoms with Crippen LogP contribution in [0.4, 0.5) is 0 Å². The molecule has 0 aliphatic heterocycles. The van der Waals surface area contributed by atoms with Crippen molar-refractivity contribution in [3.05, 3.63) is 12.2 Å². The normalized spacial score (nSPS) is 13.0. The minimum atomic E-state index is 0.345. The molecule has 0 spiro atoms. The van der Waals surface area contributed by atoms with Crippen LogP contribution >= 0.6 is 11.8 Å². The van der Waals surface area contributed by atoms with E-state index in [0.29, 0.717) is 6.04 Å². The minimum Gasteiger partial charge on any atom is -0.328 e. The van der Waals surface area contributed by atoms with Crippen LogP contribution in [0.3, 0.4) is 0 Å². The lowest BCUT2D eigenvalue weighted by molar-refractivity contribution is 0.721. The average molecular weight is 173 g/mol. The highest BCUT2D eigenvalue weighted by molar-refractivity contribution is 7.99. The summed E-state index contributed by atoms with van der Waals surface area (Å²) in [6.07, 6.45) is 2.22. The molecule has 0 heterocycles. The second-order valence-corrected chi connectivity index (χ2v) is 4.03. The van der Waals surface area contributed by atoms with Gasteiger partial charge in [-0.3, -0.25) is 0 Å². The molecule has 0 saturated heterocycles. The third kappa shape index (κ3) is 7.95. The number of hydrogen-bond donors (Lipinski definition) is 1. The van der Waals surface area contributed by atoms with E-state index in [1.165, 1.54) is 5.57 Å². The van der Waals surface area contributed by atoms with Crippen molar-refractivity contribution < 1.29 is 0 Å². The van der Waals surface area contributed by atoms with Crippen molar-refractivity contribution in [2.45, 2.75) is 32.7 Å². The Kier molecular flexibility index (Phi) is 6.77. The molecule has 1 unspecified atom stereocenters. The van der Waals surface area contributed by atoms with E-state index in [9.17, 15) is 0 Å². The summed E-state index contributed by atoms with van der Waals surface area (Å²) in [5.74, 6) is 2.26. The third-order valence-electron chi connectivity index (χ3n) is 1.52. The van der Waals surface area contributed by atoms with Crippen molar-refractivity contribution in [3.63, 3.8) is 0 Å². The maximum absolute atomic E-state index is 5.61. The topological polar surface area (TPSA) is 26.0 Å². The Balaban J connectivity index is 3.08. The molecule has 0 radical (unpaired) electrons. The number of nitrogens with two attached hydrogens (primary N) is 1. The van der Waals surface area contributed by atoms with Crippen LogP contribution in [0.5, 0.6) is 0 Å². The lowest BCUT2D eigenvalue weighted by Gasteiger charge is -2.04. The van der Waals surface area contributed by atoms with E-state index < -0.39 is 0 Å². The summed E-state index contributed by atoms with van der Waals surface area (Å²) in [5.41, 5.74) is 6.94. The third-order valence-corrected chi connectivity index (χ3v) is 2.66. The van der Waals surface area contributed by atoms with Gasteiger partial charge in [-0.15, -0.1) is 0 Å². The Hall–Kier alpha value is 0.0500. The van der Waals surface area contributed by atoms with Crippen molar-refractivity contribution >= 4 is 11.8 Å². The summed E-state index contributed by atoms with van der Waals surface area (Å²) < 4.78 is 0. The molecule has 0 aliphatic rings. The fourth-order valence-electron chi connectivity index (χ4n) is 0.588. The molecule has 1 nitrogen and oxygen atoms in total. The van der Waals surface area contributed by atoms with Crippen LogP contribution in [0.15, 0.2) is 12.2 Å². The number of thioether (sulfide) groups is 1. The molecule has 0 aromatic carbocycles. The largest absolute Gasteiger partial charge is 0.328 e. The Bertz CT molecular complexity index is 110. The standard InChI is InChI=1S/C9H19NS/c1-4-8(2)7-11-6-5-9(3)10/h9H,2,4-7,10H2,1,3H3. The first-order chi connectivity index (χ1) is 5.16. The lowest BCUT2D eigenvalue weighted by atomic mass is 10.3. The van der Waals surface area contributed by atoms with Gasteiger partial charge in [-0.2, -0.15) is 11.8 Å². The number of hydrogen-bond acceptors (Lipinski definition) is 2. The Morgan fingerprint density at radius 1 is 1.64 bits per heavy atom. The first kappa shape index (κ1) is 11.1. The van der Waals surface area contributed by atoms with Crippen LogP contribution in [-0.2, 0) is 0 Å². The van der Waals surface area contributed by atoms with E-state index in [1.807, 2.05) is 11.8 Å². The van der Waals surface area contributed by atoms with Gasteiger partial charge in [-0.25, -0.2) is 0 Å². The molecular formula is C9H19NS. The van der Waals surface area contributed by atoms with E-state index in [2.05, 4.69) is 20.4 Å². The monoisotopic (exact) mass is 173 g/mol. The molecule has 0 aromatic rings. The Morgan fingerprint density at radius 3 is 2.73 bits per heavy atom. The Morgan fingerprint density at radius 2 is 2.27 bits per heavy atom. The summed E-state index contributed by atoms with van der Waals surface area (Å²) in [7, 11) is 0. The van der Waals surface area contributed by atoms with E-state index in [4.69, 9.17) is 5.73 Å². The molecule has 0 fully saturated rings. The molecule has 0 bridgehead atoms. The van der Waals surface area contributed by atoms with Crippen LogP contribution in [0.1, 0.15) is 26.7 Å². The van der Waals surface area contributed by atoms with Crippen molar-refractivity contribution in [2.75, 3.05) is 11.5 Å². The molecule has 2 heteroatoms. The van der Waals surface area contributed by atoms with E-state index in [0.717, 1.165) is 24.3 Å². The van der Waals surface area contributed by atoms with Gasteiger partial charge in [0, 0.05) is 11.8 Å². The Labute approximate surface area is 74.4 Å². The molecule has 0 rings (SSSR count). The van der Waals surface area contributed by atoms with Crippen LogP contribution in [0.2, 0.25) is 0 Å². The SMILES string of the molecule is C=C(CC)CSCCC(C)N. The van der Waals surface area contributed by atoms with Gasteiger partial charge in [0.05, 0.1) is 0 Å². The van der Waals surface area contributed by atoms with Gasteiger partial charge in [-0.1, -0.05) is 19.1 Å². The van der Waals surface area contributed by atoms with Crippen LogP contribution in [-0.4, -0.2) is 17.5 Å². The summed E-state index contributed by atoms with van der Waals surface area (Å²) in [4.78, 5) is 0. The van der Waals surface area contributed by atoms with Crippen LogP contribution < -0.4 is 5.73 Å². The predicted molar refractivity (Wildman–Crippen MR) is 55.0 cm³/mol. The van der Waals surface area contributed by atoms with Gasteiger partial charge in [0.15, 0.2) is 0 Å². The summed E-state index contributed by atoms with van der Waals surface area (Å²) in [6.45, 7) is 8.14. The van der Waals surface area contributed by atoms with Crippen LogP contribution in [0.25, 0.3) is 0 Å². The molecule has 2 N–H and O–H groups in total. The maximum Gasteiger partial charge on any atom is 0.0140 e. The highest BCUT2D eigenvalue weighted by atomic mass is 32.2. The van der Waals surface area contributed by atoms with Gasteiger partial charge in [0.2, 0.25) is 0 Å². The van der Waals surface area contributed by atoms with Crippen LogP contribution in [0, 0.1) is 0 Å². The molecule has 66 valence electrons. The zero-order chi connectivity index (χ0) is 8.69. The quantitative estimate of drug-likeness (QED) is 0.493. The average Bonchev–Trinajstić information content (AvgIpc) is 1.97. The first-order valence-corrected chi connectivity index (χ1v) is 5.32. The highest BCUT2D eigenvalue weighted by Crippen LogP contribution is 2.10. The maximum atomic E-state index is 5.61. The van der Waals surface area contributed by atoms with E-state index in [-0.39, 0.29) is 0 Å². The molecule has 11 heavy (non-hydrogen) atoms. The highest BCUT2D eigenvalue weighted by Gasteiger charge is 1.95. The van der Waals surface area contributed by atoms with Gasteiger partial charge in [0.25, 0.3) is 0 Å². The van der Waals surface area contributed by atoms with Crippen molar-refractivity contribution in [1.82, 2.24) is 0 Å². The zero-order valence-corrected chi connectivity index (χ0v) is 8.41. The molecular weight excluding hydrogens is 154 g/mol. The summed E-state index contributed by atoms with van der Waals surface area (Å²) >= 11 is 1.93. The summed E-state index contributed by atoms with van der Waals surface area (Å²) in [6, 6.07) is 0.345. The second-order valence-electron chi connectivity index (χ2n) is 2.92. The molecule has 0 aromatic heterocycles. The fraction of sp³-hybridized carbons (Fsp3) is 0.778. The number of rotatable bonds is 6. The van der Waals surface area contributed by atoms with Gasteiger partial charge < -0.3 is 5.73 Å². The van der Waals surface area contributed by atoms with Gasteiger partial charge >= 0.3 is 0 Å². The van der Waals surface area contributed by atoms with E-state index in [1.54, 1.807) is 0 Å². The van der Waals surface area contributed by atoms with Crippen molar-refractivity contribution in [3.8, 4) is 0 Å². The predicted octanol–water partition coefficient (Wildman–Crippen LogP) is 2.42. The molecule has 0 saturated carbocycles. The zero-order valence-electron chi connectivity index (χ0n) is 7.60. The second kappa shape index (κ2) is 6.74. The minimum absolute atomic E-state index is 0.345. The van der Waals surface area contributed by atoms with E-state index >= 15 is 0 Å². The first-order valence-electron chi connectivity index (χ1n) is 4.16. The van der Waals surface area contributed by atoms with Gasteiger partial charge in [-0.05, 0) is 25.5 Å². The van der Waals surface area contributed by atoms with Crippen molar-refractivity contribution in [2.24, 2.45) is 5.73 Å². The van der Waals surface area contributed by atoms with Gasteiger partial charge in [0.1, 0.15) is 0 Å². The lowest BCUT2D eigenvalue weighted by Crippen LogP contribution is -2.15.